The number of benzene rings is 1. The van der Waals surface area contributed by atoms with Crippen molar-refractivity contribution in [3.63, 3.8) is 0 Å². The molecule has 0 spiro atoms. The average molecular weight is 429 g/mol. The molecule has 31 heavy (non-hydrogen) atoms. The summed E-state index contributed by atoms with van der Waals surface area (Å²) >= 11 is 0. The summed E-state index contributed by atoms with van der Waals surface area (Å²) < 4.78 is 11.0. The molecule has 0 bridgehead atoms. The van der Waals surface area contributed by atoms with Crippen LogP contribution in [0, 0.1) is 11.8 Å². The maximum Gasteiger partial charge on any atom is 0.333 e. The molecule has 4 nitrogen and oxygen atoms in total. The first-order valence-corrected chi connectivity index (χ1v) is 12.3. The minimum Gasteiger partial charge on any atom is -0.491 e. The number of esters is 1. The molecule has 3 rings (SSSR count). The molecule has 0 atom stereocenters. The Morgan fingerprint density at radius 3 is 2.42 bits per heavy atom. The summed E-state index contributed by atoms with van der Waals surface area (Å²) in [6.45, 7) is 5.96. The molecule has 1 aromatic carbocycles. The number of carbonyl (C=O) groups is 1. The molecule has 0 radical (unpaired) electrons. The van der Waals surface area contributed by atoms with Crippen molar-refractivity contribution in [3.8, 4) is 5.75 Å². The van der Waals surface area contributed by atoms with Crippen LogP contribution in [0.5, 0.6) is 5.75 Å². The minimum atomic E-state index is -0.333. The molecule has 2 fully saturated rings. The lowest BCUT2D eigenvalue weighted by molar-refractivity contribution is -0.139. The van der Waals surface area contributed by atoms with Gasteiger partial charge >= 0.3 is 5.97 Å². The first-order chi connectivity index (χ1) is 15.1. The molecule has 0 aliphatic heterocycles. The van der Waals surface area contributed by atoms with Crippen LogP contribution < -0.4 is 4.74 Å². The van der Waals surface area contributed by atoms with Gasteiger partial charge in [-0.1, -0.05) is 50.8 Å². The molecular formula is C27H40O4. The van der Waals surface area contributed by atoms with E-state index in [9.17, 15) is 4.79 Å². The van der Waals surface area contributed by atoms with Gasteiger partial charge in [0.25, 0.3) is 0 Å². The summed E-state index contributed by atoms with van der Waals surface area (Å²) in [7, 11) is 0. The monoisotopic (exact) mass is 428 g/mol. The number of carbonyl (C=O) groups excluding carboxylic acids is 1. The fraction of sp³-hybridized carbons (Fsp3) is 0.667. The molecule has 0 saturated heterocycles. The van der Waals surface area contributed by atoms with Crippen molar-refractivity contribution >= 4 is 5.97 Å². The van der Waals surface area contributed by atoms with E-state index in [1.165, 1.54) is 63.4 Å². The Kier molecular flexibility index (Phi) is 9.45. The molecule has 0 heterocycles. The number of rotatable bonds is 10. The van der Waals surface area contributed by atoms with Crippen molar-refractivity contribution in [2.24, 2.45) is 11.8 Å². The first-order valence-electron chi connectivity index (χ1n) is 12.3. The smallest absolute Gasteiger partial charge is 0.333 e. The molecule has 2 saturated carbocycles. The molecule has 0 amide bonds. The van der Waals surface area contributed by atoms with Crippen LogP contribution in [-0.4, -0.2) is 30.9 Å². The molecule has 2 aliphatic rings. The van der Waals surface area contributed by atoms with Gasteiger partial charge < -0.3 is 14.6 Å². The van der Waals surface area contributed by atoms with Gasteiger partial charge in [0.15, 0.2) is 0 Å². The third-order valence-corrected chi connectivity index (χ3v) is 7.17. The predicted octanol–water partition coefficient (Wildman–Crippen LogP) is 5.96. The highest BCUT2D eigenvalue weighted by Crippen LogP contribution is 2.43. The van der Waals surface area contributed by atoms with E-state index in [1.54, 1.807) is 6.92 Å². The van der Waals surface area contributed by atoms with Crippen LogP contribution in [0.4, 0.5) is 0 Å². The second-order valence-electron chi connectivity index (χ2n) is 9.47. The largest absolute Gasteiger partial charge is 0.491 e. The fourth-order valence-corrected chi connectivity index (χ4v) is 5.43. The van der Waals surface area contributed by atoms with Crippen LogP contribution in [0.3, 0.4) is 0 Å². The maximum absolute atomic E-state index is 11.6. The van der Waals surface area contributed by atoms with Crippen LogP contribution in [0.1, 0.15) is 88.2 Å². The van der Waals surface area contributed by atoms with E-state index in [0.717, 1.165) is 36.0 Å². The van der Waals surface area contributed by atoms with Crippen molar-refractivity contribution in [2.75, 3.05) is 19.8 Å². The summed E-state index contributed by atoms with van der Waals surface area (Å²) in [4.78, 5) is 11.6. The highest BCUT2D eigenvalue weighted by molar-refractivity contribution is 5.86. The van der Waals surface area contributed by atoms with Crippen LogP contribution in [0.25, 0.3) is 0 Å². The number of hydrogen-bond donors (Lipinski definition) is 1. The zero-order valence-electron chi connectivity index (χ0n) is 19.2. The summed E-state index contributed by atoms with van der Waals surface area (Å²) in [5.74, 6) is 3.04. The zero-order valence-corrected chi connectivity index (χ0v) is 19.2. The van der Waals surface area contributed by atoms with Crippen LogP contribution in [0.2, 0.25) is 0 Å². The van der Waals surface area contributed by atoms with E-state index in [2.05, 4.69) is 24.8 Å². The molecule has 172 valence electrons. The van der Waals surface area contributed by atoms with Gasteiger partial charge in [-0.05, 0) is 80.4 Å². The topological polar surface area (TPSA) is 55.8 Å². The van der Waals surface area contributed by atoms with Gasteiger partial charge in [-0.3, -0.25) is 0 Å². The van der Waals surface area contributed by atoms with Crippen molar-refractivity contribution in [3.05, 3.63) is 41.5 Å². The third-order valence-electron chi connectivity index (χ3n) is 7.17. The Balaban J connectivity index is 1.58. The van der Waals surface area contributed by atoms with Gasteiger partial charge in [0.2, 0.25) is 0 Å². The van der Waals surface area contributed by atoms with Crippen molar-refractivity contribution in [2.45, 2.75) is 83.5 Å². The van der Waals surface area contributed by atoms with Gasteiger partial charge in [-0.15, -0.1) is 0 Å². The lowest BCUT2D eigenvalue weighted by Gasteiger charge is -2.36. The quantitative estimate of drug-likeness (QED) is 0.284. The molecule has 4 heteroatoms. The van der Waals surface area contributed by atoms with Crippen LogP contribution in [-0.2, 0) is 16.0 Å². The lowest BCUT2D eigenvalue weighted by Crippen LogP contribution is -2.23. The number of aliphatic hydroxyl groups is 1. The average Bonchev–Trinajstić information content (AvgIpc) is 2.81. The highest BCUT2D eigenvalue weighted by atomic mass is 16.5. The van der Waals surface area contributed by atoms with Gasteiger partial charge in [0.1, 0.15) is 12.4 Å². The molecule has 1 aromatic rings. The van der Waals surface area contributed by atoms with Crippen molar-refractivity contribution in [1.82, 2.24) is 0 Å². The Morgan fingerprint density at radius 2 is 1.74 bits per heavy atom. The minimum absolute atomic E-state index is 0.00258. The SMILES string of the molecule is C=C(C)C(=O)OCCCc1cc(C2CCC(C3CCCCC3)CC2)ccc1OCCO. The number of aryl methyl sites for hydroxylation is 1. The van der Waals surface area contributed by atoms with Gasteiger partial charge in [0.05, 0.1) is 13.2 Å². The van der Waals surface area contributed by atoms with Crippen LogP contribution in [0.15, 0.2) is 30.4 Å². The van der Waals surface area contributed by atoms with E-state index in [1.807, 2.05) is 0 Å². The Morgan fingerprint density at radius 1 is 1.03 bits per heavy atom. The van der Waals surface area contributed by atoms with Gasteiger partial charge in [0, 0.05) is 5.57 Å². The molecular weight excluding hydrogens is 388 g/mol. The third kappa shape index (κ3) is 7.10. The molecule has 1 N–H and O–H groups in total. The van der Waals surface area contributed by atoms with E-state index in [0.29, 0.717) is 24.7 Å². The van der Waals surface area contributed by atoms with E-state index < -0.39 is 0 Å². The van der Waals surface area contributed by atoms with Crippen LogP contribution >= 0.6 is 0 Å². The lowest BCUT2D eigenvalue weighted by atomic mass is 9.70. The van der Waals surface area contributed by atoms with Gasteiger partial charge in [-0.2, -0.15) is 0 Å². The van der Waals surface area contributed by atoms with E-state index in [4.69, 9.17) is 14.6 Å². The molecule has 0 unspecified atom stereocenters. The Bertz CT molecular complexity index is 712. The highest BCUT2D eigenvalue weighted by Gasteiger charge is 2.29. The second-order valence-corrected chi connectivity index (χ2v) is 9.47. The second kappa shape index (κ2) is 12.3. The fourth-order valence-electron chi connectivity index (χ4n) is 5.43. The summed E-state index contributed by atoms with van der Waals surface area (Å²) in [6, 6.07) is 6.56. The number of aliphatic hydroxyl groups excluding tert-OH is 1. The van der Waals surface area contributed by atoms with E-state index in [-0.39, 0.29) is 12.6 Å². The standard InChI is InChI=1S/C27H40O4/c1-20(2)27(29)31-17-6-9-25-19-24(14-15-26(25)30-18-16-28)23-12-10-22(11-13-23)21-7-4-3-5-8-21/h14-15,19,21-23,28H,1,3-13,16-18H2,2H3. The summed E-state index contributed by atoms with van der Waals surface area (Å²) in [5, 5.41) is 9.15. The zero-order chi connectivity index (χ0) is 22.1. The number of ether oxygens (including phenoxy) is 2. The molecule has 0 aromatic heterocycles. The normalized spacial score (nSPS) is 22.1. The predicted molar refractivity (Wildman–Crippen MR) is 124 cm³/mol. The first kappa shape index (κ1) is 23.8. The Labute approximate surface area is 188 Å². The maximum atomic E-state index is 11.6. The summed E-state index contributed by atoms with van der Waals surface area (Å²) in [5.41, 5.74) is 2.98. The Hall–Kier alpha value is -1.81. The van der Waals surface area contributed by atoms with Gasteiger partial charge in [-0.25, -0.2) is 4.79 Å². The van der Waals surface area contributed by atoms with Crippen molar-refractivity contribution in [1.29, 1.82) is 0 Å². The van der Waals surface area contributed by atoms with E-state index >= 15 is 0 Å². The molecule has 2 aliphatic carbocycles. The summed E-state index contributed by atoms with van der Waals surface area (Å²) in [6.07, 6.45) is 14.0. The van der Waals surface area contributed by atoms with Crippen molar-refractivity contribution < 1.29 is 19.4 Å². The number of hydrogen-bond acceptors (Lipinski definition) is 4.